The van der Waals surface area contributed by atoms with Crippen LogP contribution in [0.2, 0.25) is 0 Å². The van der Waals surface area contributed by atoms with Gasteiger partial charge in [-0.2, -0.15) is 13.2 Å². The van der Waals surface area contributed by atoms with E-state index in [0.717, 1.165) is 0 Å². The predicted molar refractivity (Wildman–Crippen MR) is 126 cm³/mol. The molecule has 37 heavy (non-hydrogen) atoms. The van der Waals surface area contributed by atoms with Gasteiger partial charge in [-0.3, -0.25) is 4.79 Å². The molecule has 0 aliphatic carbocycles. The molecule has 3 heterocycles. The second kappa shape index (κ2) is 11.4. The first-order chi connectivity index (χ1) is 17.8. The minimum atomic E-state index is -4.87. The highest BCUT2D eigenvalue weighted by Crippen LogP contribution is 2.35. The van der Waals surface area contributed by atoms with Crippen LogP contribution in [0.1, 0.15) is 21.8 Å². The van der Waals surface area contributed by atoms with Gasteiger partial charge in [0.25, 0.3) is 0 Å². The summed E-state index contributed by atoms with van der Waals surface area (Å²) in [7, 11) is 1.52. The van der Waals surface area contributed by atoms with Crippen molar-refractivity contribution >= 4 is 17.7 Å². The van der Waals surface area contributed by atoms with E-state index in [0.29, 0.717) is 49.7 Å². The van der Waals surface area contributed by atoms with Crippen molar-refractivity contribution in [3.05, 3.63) is 65.7 Å². The maximum absolute atomic E-state index is 13.5. The van der Waals surface area contributed by atoms with E-state index >= 15 is 0 Å². The molecule has 0 saturated carbocycles. The summed E-state index contributed by atoms with van der Waals surface area (Å²) in [6, 6.07) is 11.4. The van der Waals surface area contributed by atoms with Crippen LogP contribution in [-0.2, 0) is 22.1 Å². The van der Waals surface area contributed by atoms with Crippen molar-refractivity contribution in [2.45, 2.75) is 12.6 Å². The second-order valence-electron chi connectivity index (χ2n) is 8.27. The summed E-state index contributed by atoms with van der Waals surface area (Å²) in [5.41, 5.74) is 0.0110. The number of carbonyl (C=O) groups excluding carboxylic acids is 2. The molecule has 0 radical (unpaired) electrons. The first kappa shape index (κ1) is 26.1. The molecule has 9 nitrogen and oxygen atoms in total. The molecule has 0 atom stereocenters. The normalized spacial score (nSPS) is 14.1. The highest BCUT2D eigenvalue weighted by Gasteiger charge is 2.41. The Morgan fingerprint density at radius 1 is 1.03 bits per heavy atom. The van der Waals surface area contributed by atoms with Crippen LogP contribution in [-0.4, -0.2) is 73.2 Å². The van der Waals surface area contributed by atoms with E-state index in [1.54, 1.807) is 47.4 Å². The van der Waals surface area contributed by atoms with Crippen LogP contribution >= 0.6 is 0 Å². The standard InChI is InChI=1S/C25H25F3N4O5/c1-35-13-14-36-24(34)32-11-9-31(10-12-32)20-8-7-17(16-29-20)15-19(33)21-22(25(26,27)28)37-23(30-21)18-5-3-2-4-6-18/h2-8,16H,9-15H2,1H3. The molecule has 0 spiro atoms. The Kier molecular flexibility index (Phi) is 8.07. The van der Waals surface area contributed by atoms with Crippen LogP contribution in [0.4, 0.5) is 23.8 Å². The van der Waals surface area contributed by atoms with Crippen molar-refractivity contribution in [2.24, 2.45) is 0 Å². The molecule has 196 valence electrons. The fourth-order valence-electron chi connectivity index (χ4n) is 3.80. The fraction of sp³-hybridized carbons (Fsp3) is 0.360. The zero-order chi connectivity index (χ0) is 26.4. The number of alkyl halides is 3. The number of carbonyl (C=O) groups is 2. The van der Waals surface area contributed by atoms with E-state index in [1.165, 1.54) is 13.3 Å². The van der Waals surface area contributed by atoms with Crippen molar-refractivity contribution in [2.75, 3.05) is 51.4 Å². The number of ether oxygens (including phenoxy) is 2. The first-order valence-electron chi connectivity index (χ1n) is 11.5. The van der Waals surface area contributed by atoms with Gasteiger partial charge in [0.05, 0.1) is 6.61 Å². The largest absolute Gasteiger partial charge is 0.452 e. The van der Waals surface area contributed by atoms with Crippen LogP contribution in [0, 0.1) is 0 Å². The summed E-state index contributed by atoms with van der Waals surface area (Å²) in [5.74, 6) is -1.88. The number of rotatable bonds is 8. The van der Waals surface area contributed by atoms with Gasteiger partial charge < -0.3 is 23.7 Å². The molecule has 1 aliphatic heterocycles. The van der Waals surface area contributed by atoms with Gasteiger partial charge in [-0.25, -0.2) is 14.8 Å². The average Bonchev–Trinajstić information content (AvgIpc) is 3.37. The minimum absolute atomic E-state index is 0.184. The molecule has 0 bridgehead atoms. The van der Waals surface area contributed by atoms with E-state index in [4.69, 9.17) is 13.9 Å². The zero-order valence-corrected chi connectivity index (χ0v) is 20.0. The number of piperazine rings is 1. The number of hydrogen-bond donors (Lipinski definition) is 0. The Morgan fingerprint density at radius 3 is 2.38 bits per heavy atom. The number of oxazole rings is 1. The number of pyridine rings is 1. The van der Waals surface area contributed by atoms with Gasteiger partial charge in [-0.05, 0) is 23.8 Å². The molecule has 1 fully saturated rings. The summed E-state index contributed by atoms with van der Waals surface area (Å²) in [5, 5.41) is 0. The number of Topliss-reactive ketones (excluding diaryl/α,β-unsaturated/α-hetero) is 1. The van der Waals surface area contributed by atoms with Crippen LogP contribution < -0.4 is 4.90 Å². The molecule has 1 saturated heterocycles. The lowest BCUT2D eigenvalue weighted by molar-refractivity contribution is -0.153. The highest BCUT2D eigenvalue weighted by atomic mass is 19.4. The van der Waals surface area contributed by atoms with Gasteiger partial charge in [0, 0.05) is 51.5 Å². The first-order valence-corrected chi connectivity index (χ1v) is 11.5. The van der Waals surface area contributed by atoms with Crippen LogP contribution in [0.3, 0.4) is 0 Å². The SMILES string of the molecule is COCCOC(=O)N1CCN(c2ccc(CC(=O)c3nc(-c4ccccc4)oc3C(F)(F)F)cn2)CC1. The van der Waals surface area contributed by atoms with Gasteiger partial charge in [0.15, 0.2) is 11.5 Å². The number of anilines is 1. The van der Waals surface area contributed by atoms with E-state index in [1.807, 2.05) is 4.90 Å². The van der Waals surface area contributed by atoms with Crippen molar-refractivity contribution in [1.82, 2.24) is 14.9 Å². The highest BCUT2D eigenvalue weighted by molar-refractivity contribution is 5.97. The number of methoxy groups -OCH3 is 1. The molecule has 3 aromatic rings. The third-order valence-corrected chi connectivity index (χ3v) is 5.72. The molecule has 1 aliphatic rings. The molecule has 4 rings (SSSR count). The summed E-state index contributed by atoms with van der Waals surface area (Å²) in [6.45, 7) is 2.46. The smallest absolute Gasteiger partial charge is 0.447 e. The molecular weight excluding hydrogens is 493 g/mol. The molecule has 0 unspecified atom stereocenters. The van der Waals surface area contributed by atoms with E-state index < -0.39 is 29.5 Å². The van der Waals surface area contributed by atoms with Crippen LogP contribution in [0.5, 0.6) is 0 Å². The Balaban J connectivity index is 1.39. The Hall–Kier alpha value is -3.93. The number of amides is 1. The predicted octanol–water partition coefficient (Wildman–Crippen LogP) is 4.09. The number of aromatic nitrogens is 2. The fourth-order valence-corrected chi connectivity index (χ4v) is 3.80. The molecule has 12 heteroatoms. The second-order valence-corrected chi connectivity index (χ2v) is 8.27. The zero-order valence-electron chi connectivity index (χ0n) is 20.0. The lowest BCUT2D eigenvalue weighted by Crippen LogP contribution is -2.49. The molecular formula is C25H25F3N4O5. The Morgan fingerprint density at radius 2 is 1.76 bits per heavy atom. The van der Waals surface area contributed by atoms with Gasteiger partial charge >= 0.3 is 12.3 Å². The van der Waals surface area contributed by atoms with Crippen LogP contribution in [0.25, 0.3) is 11.5 Å². The lowest BCUT2D eigenvalue weighted by atomic mass is 10.1. The summed E-state index contributed by atoms with van der Waals surface area (Å²) >= 11 is 0. The van der Waals surface area contributed by atoms with Crippen molar-refractivity contribution < 1.29 is 36.7 Å². The number of hydrogen-bond acceptors (Lipinski definition) is 8. The number of nitrogens with zero attached hydrogens (tertiary/aromatic N) is 4. The van der Waals surface area contributed by atoms with E-state index in [-0.39, 0.29) is 18.9 Å². The van der Waals surface area contributed by atoms with Gasteiger partial charge in [0.2, 0.25) is 11.7 Å². The van der Waals surface area contributed by atoms with Crippen LogP contribution in [0.15, 0.2) is 53.1 Å². The maximum atomic E-state index is 13.5. The number of benzene rings is 1. The molecule has 1 aromatic carbocycles. The minimum Gasteiger partial charge on any atom is -0.447 e. The summed E-state index contributed by atoms with van der Waals surface area (Å²) in [6.07, 6.45) is -4.15. The van der Waals surface area contributed by atoms with Gasteiger partial charge in [0.1, 0.15) is 12.4 Å². The third-order valence-electron chi connectivity index (χ3n) is 5.72. The third kappa shape index (κ3) is 6.45. The summed E-state index contributed by atoms with van der Waals surface area (Å²) in [4.78, 5) is 36.6. The topological polar surface area (TPSA) is 98.0 Å². The lowest BCUT2D eigenvalue weighted by Gasteiger charge is -2.34. The molecule has 2 aromatic heterocycles. The molecule has 1 amide bonds. The van der Waals surface area contributed by atoms with Crippen molar-refractivity contribution in [1.29, 1.82) is 0 Å². The summed E-state index contributed by atoms with van der Waals surface area (Å²) < 4.78 is 55.6. The van der Waals surface area contributed by atoms with Crippen molar-refractivity contribution in [3.8, 4) is 11.5 Å². The van der Waals surface area contributed by atoms with E-state index in [9.17, 15) is 22.8 Å². The maximum Gasteiger partial charge on any atom is 0.452 e. The quantitative estimate of drug-likeness (QED) is 0.325. The van der Waals surface area contributed by atoms with Gasteiger partial charge in [-0.1, -0.05) is 24.3 Å². The van der Waals surface area contributed by atoms with E-state index in [2.05, 4.69) is 9.97 Å². The monoisotopic (exact) mass is 518 g/mol. The number of halogens is 3. The van der Waals surface area contributed by atoms with Crippen molar-refractivity contribution in [3.63, 3.8) is 0 Å². The molecule has 0 N–H and O–H groups in total. The van der Waals surface area contributed by atoms with Gasteiger partial charge in [-0.15, -0.1) is 0 Å². The number of ketones is 1. The Bertz CT molecular complexity index is 1210. The Labute approximate surface area is 210 Å². The average molecular weight is 518 g/mol.